The van der Waals surface area contributed by atoms with Gasteiger partial charge in [-0.25, -0.2) is 4.98 Å². The molecule has 0 aliphatic carbocycles. The van der Waals surface area contributed by atoms with Gasteiger partial charge in [0.2, 0.25) is 0 Å². The topological polar surface area (TPSA) is 54.6 Å². The molecule has 1 N–H and O–H groups in total. The van der Waals surface area contributed by atoms with E-state index in [0.29, 0.717) is 0 Å². The summed E-state index contributed by atoms with van der Waals surface area (Å²) in [5.74, 6) is -0.820. The number of carboxylic acids is 1. The Labute approximate surface area is 74.5 Å². The fourth-order valence-electron chi connectivity index (χ4n) is 1.25. The van der Waals surface area contributed by atoms with Crippen LogP contribution in [0.25, 0.3) is 5.52 Å². The summed E-state index contributed by atoms with van der Waals surface area (Å²) in [6, 6.07) is 3.65. The summed E-state index contributed by atoms with van der Waals surface area (Å²) in [5.41, 5.74) is 1.74. The second kappa shape index (κ2) is 2.90. The first-order valence-corrected chi connectivity index (χ1v) is 3.88. The van der Waals surface area contributed by atoms with E-state index in [4.69, 9.17) is 5.11 Å². The highest BCUT2D eigenvalue weighted by Crippen LogP contribution is 2.05. The molecule has 0 saturated heterocycles. The van der Waals surface area contributed by atoms with E-state index in [1.54, 1.807) is 29.2 Å². The van der Waals surface area contributed by atoms with Crippen molar-refractivity contribution in [3.63, 3.8) is 0 Å². The number of fused-ring (bicyclic) bond motifs is 1. The van der Waals surface area contributed by atoms with Crippen LogP contribution in [0.15, 0.2) is 30.9 Å². The van der Waals surface area contributed by atoms with Gasteiger partial charge in [-0.05, 0) is 11.6 Å². The second-order valence-corrected chi connectivity index (χ2v) is 2.83. The number of nitrogens with zero attached hydrogens (tertiary/aromatic N) is 2. The molecule has 0 fully saturated rings. The van der Waals surface area contributed by atoms with Crippen molar-refractivity contribution in [3.8, 4) is 0 Å². The maximum Gasteiger partial charge on any atom is 0.307 e. The van der Waals surface area contributed by atoms with Crippen LogP contribution in [0.1, 0.15) is 5.56 Å². The minimum atomic E-state index is -0.820. The average Bonchev–Trinajstić information content (AvgIpc) is 2.49. The van der Waals surface area contributed by atoms with E-state index in [1.807, 2.05) is 6.07 Å². The Balaban J connectivity index is 2.42. The molecule has 0 spiro atoms. The maximum atomic E-state index is 10.4. The molecule has 0 aromatic carbocycles. The third kappa shape index (κ3) is 1.51. The van der Waals surface area contributed by atoms with Gasteiger partial charge in [0.1, 0.15) is 0 Å². The molecule has 4 nitrogen and oxygen atoms in total. The Kier molecular flexibility index (Phi) is 1.73. The summed E-state index contributed by atoms with van der Waals surface area (Å²) in [7, 11) is 0. The Bertz CT molecular complexity index is 448. The van der Waals surface area contributed by atoms with Crippen molar-refractivity contribution >= 4 is 11.5 Å². The van der Waals surface area contributed by atoms with Crippen LogP contribution in [0.5, 0.6) is 0 Å². The third-order valence-electron chi connectivity index (χ3n) is 1.82. The van der Waals surface area contributed by atoms with E-state index in [1.165, 1.54) is 0 Å². The molecule has 4 heteroatoms. The summed E-state index contributed by atoms with van der Waals surface area (Å²) >= 11 is 0. The molecule has 0 atom stereocenters. The van der Waals surface area contributed by atoms with Gasteiger partial charge in [0, 0.05) is 6.20 Å². The number of hydrogen-bond donors (Lipinski definition) is 1. The van der Waals surface area contributed by atoms with E-state index in [-0.39, 0.29) is 6.42 Å². The highest BCUT2D eigenvalue weighted by atomic mass is 16.4. The molecule has 2 aromatic heterocycles. The molecule has 0 aliphatic rings. The van der Waals surface area contributed by atoms with Crippen LogP contribution >= 0.6 is 0 Å². The SMILES string of the molecule is O=C(O)Cc1ccc2cncn2c1. The van der Waals surface area contributed by atoms with Crippen molar-refractivity contribution in [1.29, 1.82) is 0 Å². The summed E-state index contributed by atoms with van der Waals surface area (Å²) in [4.78, 5) is 14.4. The molecule has 0 amide bonds. The van der Waals surface area contributed by atoms with E-state index in [0.717, 1.165) is 11.1 Å². The van der Waals surface area contributed by atoms with Crippen LogP contribution < -0.4 is 0 Å². The summed E-state index contributed by atoms with van der Waals surface area (Å²) in [6.07, 6.45) is 5.20. The number of aromatic nitrogens is 2. The van der Waals surface area contributed by atoms with Crippen LogP contribution in [0, 0.1) is 0 Å². The van der Waals surface area contributed by atoms with Gasteiger partial charge in [0.15, 0.2) is 0 Å². The number of carboxylic acid groups (broad SMARTS) is 1. The largest absolute Gasteiger partial charge is 0.481 e. The van der Waals surface area contributed by atoms with Gasteiger partial charge >= 0.3 is 5.97 Å². The molecule has 0 unspecified atom stereocenters. The van der Waals surface area contributed by atoms with Gasteiger partial charge in [-0.15, -0.1) is 0 Å². The first-order chi connectivity index (χ1) is 6.25. The minimum Gasteiger partial charge on any atom is -0.481 e. The number of hydrogen-bond acceptors (Lipinski definition) is 2. The average molecular weight is 176 g/mol. The maximum absolute atomic E-state index is 10.4. The zero-order valence-corrected chi connectivity index (χ0v) is 6.84. The smallest absolute Gasteiger partial charge is 0.307 e. The molecule has 13 heavy (non-hydrogen) atoms. The second-order valence-electron chi connectivity index (χ2n) is 2.83. The first kappa shape index (κ1) is 7.79. The predicted molar refractivity (Wildman–Crippen MR) is 46.5 cm³/mol. The lowest BCUT2D eigenvalue weighted by atomic mass is 10.2. The molecule has 0 radical (unpaired) electrons. The van der Waals surface area contributed by atoms with Crippen LogP contribution in [0.4, 0.5) is 0 Å². The molecular formula is C9H8N2O2. The van der Waals surface area contributed by atoms with E-state index in [2.05, 4.69) is 4.98 Å². The van der Waals surface area contributed by atoms with Crippen molar-refractivity contribution in [2.45, 2.75) is 6.42 Å². The van der Waals surface area contributed by atoms with Crippen LogP contribution in [0.3, 0.4) is 0 Å². The van der Waals surface area contributed by atoms with Crippen LogP contribution in [0.2, 0.25) is 0 Å². The lowest BCUT2D eigenvalue weighted by Gasteiger charge is -1.98. The lowest BCUT2D eigenvalue weighted by Crippen LogP contribution is -2.00. The van der Waals surface area contributed by atoms with Crippen molar-refractivity contribution < 1.29 is 9.90 Å². The Morgan fingerprint density at radius 2 is 2.38 bits per heavy atom. The molecule has 0 aliphatic heterocycles. The number of rotatable bonds is 2. The zero-order chi connectivity index (χ0) is 9.26. The predicted octanol–water partition coefficient (Wildman–Crippen LogP) is 0.961. The van der Waals surface area contributed by atoms with Crippen molar-refractivity contribution in [2.75, 3.05) is 0 Å². The summed E-state index contributed by atoms with van der Waals surface area (Å²) in [5, 5.41) is 8.56. The molecular weight excluding hydrogens is 168 g/mol. The quantitative estimate of drug-likeness (QED) is 0.741. The first-order valence-electron chi connectivity index (χ1n) is 3.88. The summed E-state index contributed by atoms with van der Waals surface area (Å²) in [6.45, 7) is 0. The minimum absolute atomic E-state index is 0.0497. The van der Waals surface area contributed by atoms with Crippen LogP contribution in [-0.4, -0.2) is 20.5 Å². The van der Waals surface area contributed by atoms with Gasteiger partial charge in [0.25, 0.3) is 0 Å². The van der Waals surface area contributed by atoms with Gasteiger partial charge in [-0.2, -0.15) is 0 Å². The van der Waals surface area contributed by atoms with E-state index >= 15 is 0 Å². The van der Waals surface area contributed by atoms with Gasteiger partial charge in [0.05, 0.1) is 24.5 Å². The molecule has 2 heterocycles. The van der Waals surface area contributed by atoms with Gasteiger partial charge in [-0.3, -0.25) is 4.79 Å². The van der Waals surface area contributed by atoms with Crippen LogP contribution in [-0.2, 0) is 11.2 Å². The van der Waals surface area contributed by atoms with Crippen molar-refractivity contribution in [1.82, 2.24) is 9.38 Å². The van der Waals surface area contributed by atoms with E-state index < -0.39 is 5.97 Å². The third-order valence-corrected chi connectivity index (χ3v) is 1.82. The number of aliphatic carboxylic acids is 1. The van der Waals surface area contributed by atoms with Gasteiger partial charge < -0.3 is 9.51 Å². The fraction of sp³-hybridized carbons (Fsp3) is 0.111. The van der Waals surface area contributed by atoms with Crippen molar-refractivity contribution in [3.05, 3.63) is 36.4 Å². The molecule has 0 saturated carbocycles. The number of pyridine rings is 1. The standard InChI is InChI=1S/C9H8N2O2/c12-9(13)3-7-1-2-8-4-10-6-11(8)5-7/h1-2,4-6H,3H2,(H,12,13). The Hall–Kier alpha value is -1.84. The highest BCUT2D eigenvalue weighted by molar-refractivity contribution is 5.70. The molecule has 0 bridgehead atoms. The normalized spacial score (nSPS) is 10.5. The van der Waals surface area contributed by atoms with Gasteiger partial charge in [-0.1, -0.05) is 6.07 Å². The highest BCUT2D eigenvalue weighted by Gasteiger charge is 2.00. The number of carbonyl (C=O) groups is 1. The molecule has 2 rings (SSSR count). The molecule has 66 valence electrons. The monoisotopic (exact) mass is 176 g/mol. The fourth-order valence-corrected chi connectivity index (χ4v) is 1.25. The van der Waals surface area contributed by atoms with E-state index in [9.17, 15) is 4.79 Å². The zero-order valence-electron chi connectivity index (χ0n) is 6.84. The summed E-state index contributed by atoms with van der Waals surface area (Å²) < 4.78 is 1.80. The Morgan fingerprint density at radius 3 is 3.15 bits per heavy atom. The molecule has 2 aromatic rings. The van der Waals surface area contributed by atoms with Crippen molar-refractivity contribution in [2.24, 2.45) is 0 Å². The number of imidazole rings is 1. The lowest BCUT2D eigenvalue weighted by molar-refractivity contribution is -0.136. The Morgan fingerprint density at radius 1 is 1.54 bits per heavy atom.